The number of fused-ring (bicyclic) bond motifs is 5. The summed E-state index contributed by atoms with van der Waals surface area (Å²) in [6, 6.07) is 24.6. The number of anilines is 1. The molecule has 4 heteroatoms. The average molecular weight is 510 g/mol. The molecule has 0 radical (unpaired) electrons. The van der Waals surface area contributed by atoms with Gasteiger partial charge in [-0.15, -0.1) is 0 Å². The Morgan fingerprint density at radius 3 is 1.65 bits per heavy atom. The van der Waals surface area contributed by atoms with Gasteiger partial charge in [-0.3, -0.25) is 9.59 Å². The van der Waals surface area contributed by atoms with Gasteiger partial charge in [0.15, 0.2) is 0 Å². The number of carbonyl (C=O) groups excluding carboxylic acids is 2. The normalized spacial score (nSPS) is 24.8. The number of carbonyl (C=O) groups is 2. The van der Waals surface area contributed by atoms with Crippen LogP contribution in [0, 0.1) is 37.5 Å². The highest BCUT2D eigenvalue weighted by molar-refractivity contribution is 9.10. The molecule has 0 unspecified atom stereocenters. The van der Waals surface area contributed by atoms with Crippen LogP contribution in [0.2, 0.25) is 0 Å². The summed E-state index contributed by atoms with van der Waals surface area (Å²) >= 11 is 3.52. The van der Waals surface area contributed by atoms with Crippen molar-refractivity contribution >= 4 is 39.0 Å². The third-order valence-corrected chi connectivity index (χ3v) is 8.15. The van der Waals surface area contributed by atoms with Gasteiger partial charge in [0.25, 0.3) is 0 Å². The molecular weight excluding hydrogens is 486 g/mol. The Bertz CT molecular complexity index is 1300. The van der Waals surface area contributed by atoms with Gasteiger partial charge >= 0.3 is 0 Å². The zero-order chi connectivity index (χ0) is 23.6. The van der Waals surface area contributed by atoms with Crippen molar-refractivity contribution in [1.82, 2.24) is 0 Å². The summed E-state index contributed by atoms with van der Waals surface area (Å²) in [6.45, 7) is 4.17. The van der Waals surface area contributed by atoms with E-state index in [-0.39, 0.29) is 35.5 Å². The summed E-state index contributed by atoms with van der Waals surface area (Å²) < 4.78 is 0.757. The lowest BCUT2D eigenvalue weighted by atomic mass is 9.85. The van der Waals surface area contributed by atoms with Gasteiger partial charge in [0.2, 0.25) is 11.8 Å². The molecule has 0 N–H and O–H groups in total. The standard InChI is InChI=1S/C30H24BrNO2/c1-17-7-11-19(12-8-17)25(20-13-9-18(2)10-14-20)26-21-15-16-22(26)28-27(21)29(33)32(30(28)34)24-6-4-3-5-23(24)31/h3-16,21-22,27-28H,1-2H3/t21-,22-,27-,28+/m1/s1. The lowest BCUT2D eigenvalue weighted by molar-refractivity contribution is -0.122. The van der Waals surface area contributed by atoms with Crippen molar-refractivity contribution in [2.24, 2.45) is 23.7 Å². The maximum absolute atomic E-state index is 13.7. The highest BCUT2D eigenvalue weighted by atomic mass is 79.9. The van der Waals surface area contributed by atoms with Crippen LogP contribution in [-0.4, -0.2) is 11.8 Å². The topological polar surface area (TPSA) is 37.4 Å². The van der Waals surface area contributed by atoms with Gasteiger partial charge in [-0.1, -0.05) is 83.9 Å². The number of aryl methyl sites for hydroxylation is 2. The van der Waals surface area contributed by atoms with E-state index in [1.54, 1.807) is 0 Å². The number of para-hydroxylation sites is 1. The van der Waals surface area contributed by atoms with Crippen LogP contribution < -0.4 is 4.90 Å². The van der Waals surface area contributed by atoms with E-state index in [1.807, 2.05) is 24.3 Å². The summed E-state index contributed by atoms with van der Waals surface area (Å²) in [5.41, 5.74) is 7.66. The average Bonchev–Trinajstić information content (AvgIpc) is 3.46. The molecule has 1 heterocycles. The number of nitrogens with zero attached hydrogens (tertiary/aromatic N) is 1. The first-order valence-electron chi connectivity index (χ1n) is 11.6. The van der Waals surface area contributed by atoms with E-state index in [0.29, 0.717) is 5.69 Å². The van der Waals surface area contributed by atoms with Crippen molar-refractivity contribution in [3.63, 3.8) is 0 Å². The Balaban J connectivity index is 1.50. The van der Waals surface area contributed by atoms with Crippen LogP contribution in [0.25, 0.3) is 5.57 Å². The SMILES string of the molecule is Cc1ccc(C(=C2[C@H]3C=C[C@H]2[C@H]2C(=O)N(c4ccccc4Br)C(=O)[C@H]23)c2ccc(C)cc2)cc1. The van der Waals surface area contributed by atoms with E-state index in [4.69, 9.17) is 0 Å². The highest BCUT2D eigenvalue weighted by Gasteiger charge is 2.62. The monoisotopic (exact) mass is 509 g/mol. The summed E-state index contributed by atoms with van der Waals surface area (Å²) in [6.07, 6.45) is 4.30. The molecule has 6 rings (SSSR count). The van der Waals surface area contributed by atoms with E-state index < -0.39 is 0 Å². The van der Waals surface area contributed by atoms with Gasteiger partial charge in [0.1, 0.15) is 0 Å². The summed E-state index contributed by atoms with van der Waals surface area (Å²) in [5, 5.41) is 0. The van der Waals surface area contributed by atoms with E-state index in [1.165, 1.54) is 21.6 Å². The Morgan fingerprint density at radius 2 is 1.18 bits per heavy atom. The molecule has 4 atom stereocenters. The van der Waals surface area contributed by atoms with Crippen LogP contribution in [0.15, 0.2) is 95.0 Å². The molecular formula is C30H24BrNO2. The van der Waals surface area contributed by atoms with E-state index in [0.717, 1.165) is 21.2 Å². The van der Waals surface area contributed by atoms with Gasteiger partial charge in [0, 0.05) is 16.3 Å². The van der Waals surface area contributed by atoms with Gasteiger partial charge in [-0.25, -0.2) is 4.90 Å². The Morgan fingerprint density at radius 1 is 0.706 bits per heavy atom. The Labute approximate surface area is 207 Å². The van der Waals surface area contributed by atoms with Gasteiger partial charge in [-0.2, -0.15) is 0 Å². The number of benzene rings is 3. The van der Waals surface area contributed by atoms with Gasteiger partial charge in [0.05, 0.1) is 17.5 Å². The second-order valence-corrected chi connectivity index (χ2v) is 10.4. The Hall–Kier alpha value is -3.24. The lowest BCUT2D eigenvalue weighted by Crippen LogP contribution is -2.33. The largest absolute Gasteiger partial charge is 0.274 e. The van der Waals surface area contributed by atoms with Crippen LogP contribution >= 0.6 is 15.9 Å². The number of hydrogen-bond acceptors (Lipinski definition) is 2. The summed E-state index contributed by atoms with van der Waals surface area (Å²) in [4.78, 5) is 28.8. The van der Waals surface area contributed by atoms with Crippen molar-refractivity contribution in [2.75, 3.05) is 4.90 Å². The van der Waals surface area contributed by atoms with Crippen molar-refractivity contribution < 1.29 is 9.59 Å². The second kappa shape index (κ2) is 7.92. The number of allylic oxidation sites excluding steroid dienone is 3. The zero-order valence-electron chi connectivity index (χ0n) is 19.0. The molecule has 2 bridgehead atoms. The van der Waals surface area contributed by atoms with Crippen molar-refractivity contribution in [2.45, 2.75) is 13.8 Å². The predicted molar refractivity (Wildman–Crippen MR) is 138 cm³/mol. The molecule has 168 valence electrons. The lowest BCUT2D eigenvalue weighted by Gasteiger charge is -2.22. The minimum Gasteiger partial charge on any atom is -0.274 e. The van der Waals surface area contributed by atoms with E-state index in [9.17, 15) is 9.59 Å². The minimum atomic E-state index is -0.351. The molecule has 1 saturated carbocycles. The fourth-order valence-corrected chi connectivity index (χ4v) is 6.37. The molecule has 2 aliphatic carbocycles. The fourth-order valence-electron chi connectivity index (χ4n) is 5.91. The molecule has 3 nitrogen and oxygen atoms in total. The number of rotatable bonds is 3. The Kier molecular flexibility index (Phi) is 4.96. The number of imide groups is 1. The van der Waals surface area contributed by atoms with E-state index in [2.05, 4.69) is 90.5 Å². The highest BCUT2D eigenvalue weighted by Crippen LogP contribution is 2.59. The quantitative estimate of drug-likeness (QED) is 0.299. The third kappa shape index (κ3) is 3.08. The molecule has 3 aromatic carbocycles. The summed E-state index contributed by atoms with van der Waals surface area (Å²) in [5.74, 6) is -1.04. The molecule has 1 aliphatic heterocycles. The van der Waals surface area contributed by atoms with Crippen LogP contribution in [0.3, 0.4) is 0 Å². The minimum absolute atomic E-state index is 0.0726. The maximum atomic E-state index is 13.7. The van der Waals surface area contributed by atoms with Crippen LogP contribution in [0.4, 0.5) is 5.69 Å². The van der Waals surface area contributed by atoms with Crippen molar-refractivity contribution in [3.8, 4) is 0 Å². The molecule has 0 aromatic heterocycles. The van der Waals surface area contributed by atoms with Gasteiger partial charge < -0.3 is 0 Å². The van der Waals surface area contributed by atoms with Crippen LogP contribution in [0.1, 0.15) is 22.3 Å². The first-order valence-corrected chi connectivity index (χ1v) is 12.4. The van der Waals surface area contributed by atoms with Crippen molar-refractivity contribution in [3.05, 3.63) is 117 Å². The molecule has 1 saturated heterocycles. The molecule has 3 aliphatic rings. The fraction of sp³-hybridized carbons (Fsp3) is 0.200. The van der Waals surface area contributed by atoms with Crippen LogP contribution in [-0.2, 0) is 9.59 Å². The number of hydrogen-bond donors (Lipinski definition) is 0. The van der Waals surface area contributed by atoms with Gasteiger partial charge in [-0.05, 0) is 64.2 Å². The molecule has 2 fully saturated rings. The summed E-state index contributed by atoms with van der Waals surface area (Å²) in [7, 11) is 0. The maximum Gasteiger partial charge on any atom is 0.238 e. The zero-order valence-corrected chi connectivity index (χ0v) is 20.6. The number of amides is 2. The van der Waals surface area contributed by atoms with E-state index >= 15 is 0 Å². The molecule has 2 amide bonds. The first-order chi connectivity index (χ1) is 16.5. The smallest absolute Gasteiger partial charge is 0.238 e. The first kappa shape index (κ1) is 21.3. The third-order valence-electron chi connectivity index (χ3n) is 7.48. The molecule has 0 spiro atoms. The molecule has 34 heavy (non-hydrogen) atoms. The van der Waals surface area contributed by atoms with Crippen LogP contribution in [0.5, 0.6) is 0 Å². The van der Waals surface area contributed by atoms with Crippen molar-refractivity contribution in [1.29, 1.82) is 0 Å². The molecule has 3 aromatic rings. The predicted octanol–water partition coefficient (Wildman–Crippen LogP) is 6.49. The number of halogens is 1. The second-order valence-electron chi connectivity index (χ2n) is 9.51.